The molecule has 4 nitrogen and oxygen atoms in total. The van der Waals surface area contributed by atoms with Crippen LogP contribution in [0.4, 0.5) is 0 Å². The van der Waals surface area contributed by atoms with Gasteiger partial charge in [0.15, 0.2) is 0 Å². The van der Waals surface area contributed by atoms with Crippen LogP contribution in [-0.2, 0) is 30.7 Å². The van der Waals surface area contributed by atoms with Gasteiger partial charge in [0, 0.05) is 18.1 Å². The monoisotopic (exact) mass is 499 g/mol. The minimum absolute atomic E-state index is 0.181. The zero-order valence-corrected chi connectivity index (χ0v) is 20.8. The van der Waals surface area contributed by atoms with Gasteiger partial charge in [0.1, 0.15) is 0 Å². The molecule has 0 saturated heterocycles. The van der Waals surface area contributed by atoms with Crippen molar-refractivity contribution < 1.29 is 14.6 Å². The van der Waals surface area contributed by atoms with Crippen LogP contribution >= 0.6 is 11.6 Å². The Hall–Kier alpha value is -3.44. The number of aryl methyl sites for hydroxylation is 2. The second-order valence-electron chi connectivity index (χ2n) is 8.79. The van der Waals surface area contributed by atoms with E-state index in [-0.39, 0.29) is 11.7 Å². The van der Waals surface area contributed by atoms with E-state index in [2.05, 4.69) is 53.8 Å². The number of nitrogens with one attached hydrogen (secondary N) is 1. The van der Waals surface area contributed by atoms with Crippen LogP contribution in [0.5, 0.6) is 0 Å². The third kappa shape index (κ3) is 7.79. The molecule has 5 heteroatoms. The number of hydrogen-bond donors (Lipinski definition) is 2. The average molecular weight is 500 g/mol. The first-order chi connectivity index (χ1) is 17.6. The normalized spacial score (nSPS) is 11.8. The molecule has 2 N–H and O–H groups in total. The lowest BCUT2D eigenvalue weighted by atomic mass is 10.0. The molecule has 0 aromatic heterocycles. The van der Waals surface area contributed by atoms with Crippen molar-refractivity contribution in [1.29, 1.82) is 0 Å². The number of carbonyl (C=O) groups is 1. The highest BCUT2D eigenvalue weighted by Crippen LogP contribution is 2.22. The summed E-state index contributed by atoms with van der Waals surface area (Å²) in [6, 6.07) is 33.8. The number of carboxylic acid groups (broad SMARTS) is 1. The Bertz CT molecular complexity index is 1240. The first kappa shape index (κ1) is 25.6. The second kappa shape index (κ2) is 13.0. The van der Waals surface area contributed by atoms with Gasteiger partial charge in [0.2, 0.25) is 0 Å². The van der Waals surface area contributed by atoms with Crippen LogP contribution in [0.3, 0.4) is 0 Å². The third-order valence-electron chi connectivity index (χ3n) is 6.10. The van der Waals surface area contributed by atoms with Crippen LogP contribution < -0.4 is 5.32 Å². The van der Waals surface area contributed by atoms with Gasteiger partial charge in [-0.05, 0) is 64.9 Å². The maximum absolute atomic E-state index is 11.1. The van der Waals surface area contributed by atoms with Crippen molar-refractivity contribution in [3.05, 3.63) is 142 Å². The maximum Gasteiger partial charge on any atom is 0.335 e. The molecule has 1 unspecified atom stereocenters. The summed E-state index contributed by atoms with van der Waals surface area (Å²) in [4.78, 5) is 11.1. The summed E-state index contributed by atoms with van der Waals surface area (Å²) >= 11 is 6.24. The summed E-state index contributed by atoms with van der Waals surface area (Å²) in [6.45, 7) is 1.69. The zero-order valence-electron chi connectivity index (χ0n) is 20.1. The predicted molar refractivity (Wildman–Crippen MR) is 144 cm³/mol. The van der Waals surface area contributed by atoms with Crippen molar-refractivity contribution in [1.82, 2.24) is 5.32 Å². The first-order valence-electron chi connectivity index (χ1n) is 12.1. The smallest absolute Gasteiger partial charge is 0.335 e. The van der Waals surface area contributed by atoms with Gasteiger partial charge in [0.05, 0.1) is 18.3 Å². The van der Waals surface area contributed by atoms with Crippen molar-refractivity contribution in [3.8, 4) is 0 Å². The SMILES string of the molecule is O=C(O)c1ccc(CNCC(OCc2ccc(CCc3ccccc3)cc2)c2cccc(Cl)c2)cc1. The second-order valence-corrected chi connectivity index (χ2v) is 9.23. The molecular formula is C31H30ClNO3. The van der Waals surface area contributed by atoms with E-state index in [1.165, 1.54) is 11.1 Å². The Balaban J connectivity index is 1.33. The van der Waals surface area contributed by atoms with E-state index in [1.54, 1.807) is 12.1 Å². The molecule has 4 aromatic rings. The third-order valence-corrected chi connectivity index (χ3v) is 6.33. The molecule has 0 amide bonds. The highest BCUT2D eigenvalue weighted by Gasteiger charge is 2.13. The van der Waals surface area contributed by atoms with Crippen molar-refractivity contribution in [2.24, 2.45) is 0 Å². The van der Waals surface area contributed by atoms with Crippen LogP contribution in [0.1, 0.15) is 44.3 Å². The molecule has 0 bridgehead atoms. The van der Waals surface area contributed by atoms with E-state index < -0.39 is 5.97 Å². The van der Waals surface area contributed by atoms with E-state index in [1.807, 2.05) is 42.5 Å². The van der Waals surface area contributed by atoms with Gasteiger partial charge in [-0.3, -0.25) is 0 Å². The molecule has 1 atom stereocenters. The van der Waals surface area contributed by atoms with Gasteiger partial charge >= 0.3 is 5.97 Å². The first-order valence-corrected chi connectivity index (χ1v) is 12.5. The van der Waals surface area contributed by atoms with Crippen LogP contribution in [0.15, 0.2) is 103 Å². The summed E-state index contributed by atoms with van der Waals surface area (Å²) < 4.78 is 6.33. The fourth-order valence-electron chi connectivity index (χ4n) is 4.02. The lowest BCUT2D eigenvalue weighted by Gasteiger charge is -2.20. The Labute approximate surface area is 217 Å². The Morgan fingerprint density at radius 3 is 2.08 bits per heavy atom. The van der Waals surface area contributed by atoms with Crippen molar-refractivity contribution >= 4 is 17.6 Å². The minimum Gasteiger partial charge on any atom is -0.478 e. The van der Waals surface area contributed by atoms with Crippen molar-refractivity contribution in [3.63, 3.8) is 0 Å². The van der Waals surface area contributed by atoms with Crippen molar-refractivity contribution in [2.75, 3.05) is 6.54 Å². The number of ether oxygens (including phenoxy) is 1. The summed E-state index contributed by atoms with van der Waals surface area (Å²) in [6.07, 6.45) is 1.85. The number of rotatable bonds is 12. The minimum atomic E-state index is -0.923. The molecule has 0 aliphatic carbocycles. The Morgan fingerprint density at radius 2 is 1.42 bits per heavy atom. The molecular weight excluding hydrogens is 470 g/mol. The highest BCUT2D eigenvalue weighted by atomic mass is 35.5. The van der Waals surface area contributed by atoms with Crippen LogP contribution in [0.2, 0.25) is 5.02 Å². The van der Waals surface area contributed by atoms with Gasteiger partial charge in [-0.15, -0.1) is 0 Å². The summed E-state index contributed by atoms with van der Waals surface area (Å²) in [5.41, 5.74) is 6.08. The summed E-state index contributed by atoms with van der Waals surface area (Å²) in [7, 11) is 0. The van der Waals surface area contributed by atoms with E-state index in [4.69, 9.17) is 21.4 Å². The number of benzene rings is 4. The summed E-state index contributed by atoms with van der Waals surface area (Å²) in [5.74, 6) is -0.923. The largest absolute Gasteiger partial charge is 0.478 e. The van der Waals surface area contributed by atoms with E-state index in [0.717, 1.165) is 29.5 Å². The van der Waals surface area contributed by atoms with Gasteiger partial charge in [-0.1, -0.05) is 90.5 Å². The molecule has 4 aromatic carbocycles. The molecule has 0 fully saturated rings. The quantitative estimate of drug-likeness (QED) is 0.223. The lowest BCUT2D eigenvalue weighted by molar-refractivity contribution is 0.0396. The van der Waals surface area contributed by atoms with Crippen LogP contribution in [0, 0.1) is 0 Å². The molecule has 36 heavy (non-hydrogen) atoms. The molecule has 184 valence electrons. The number of aromatic carboxylic acids is 1. The topological polar surface area (TPSA) is 58.6 Å². The molecule has 0 aliphatic rings. The number of halogens is 1. The van der Waals surface area contributed by atoms with Gasteiger partial charge in [0.25, 0.3) is 0 Å². The molecule has 0 aliphatic heterocycles. The van der Waals surface area contributed by atoms with Gasteiger partial charge < -0.3 is 15.2 Å². The fourth-order valence-corrected chi connectivity index (χ4v) is 4.22. The fraction of sp³-hybridized carbons (Fsp3) is 0.194. The standard InChI is InChI=1S/C31H30ClNO3/c32-29-8-4-7-28(19-29)30(21-33-20-25-15-17-27(18-16-25)31(34)35)36-22-26-13-11-24(12-14-26)10-9-23-5-2-1-3-6-23/h1-8,11-19,30,33H,9-10,20-22H2,(H,34,35). The Kier molecular flexibility index (Phi) is 9.28. The molecule has 0 radical (unpaired) electrons. The summed E-state index contributed by atoms with van der Waals surface area (Å²) in [5, 5.41) is 13.2. The van der Waals surface area contributed by atoms with Crippen molar-refractivity contribution in [2.45, 2.75) is 32.1 Å². The lowest BCUT2D eigenvalue weighted by Crippen LogP contribution is -2.23. The van der Waals surface area contributed by atoms with Gasteiger partial charge in [-0.2, -0.15) is 0 Å². The molecule has 0 saturated carbocycles. The van der Waals surface area contributed by atoms with E-state index >= 15 is 0 Å². The number of hydrogen-bond acceptors (Lipinski definition) is 3. The highest BCUT2D eigenvalue weighted by molar-refractivity contribution is 6.30. The molecule has 4 rings (SSSR count). The molecule has 0 heterocycles. The molecule has 0 spiro atoms. The van der Waals surface area contributed by atoms with E-state index in [0.29, 0.717) is 24.7 Å². The van der Waals surface area contributed by atoms with E-state index in [9.17, 15) is 4.79 Å². The zero-order chi connectivity index (χ0) is 25.2. The maximum atomic E-state index is 11.1. The average Bonchev–Trinajstić information content (AvgIpc) is 2.91. The Morgan fingerprint density at radius 1 is 0.778 bits per heavy atom. The van der Waals surface area contributed by atoms with Gasteiger partial charge in [-0.25, -0.2) is 4.79 Å². The van der Waals surface area contributed by atoms with Crippen LogP contribution in [-0.4, -0.2) is 17.6 Å². The van der Waals surface area contributed by atoms with Crippen LogP contribution in [0.25, 0.3) is 0 Å². The number of carboxylic acids is 1. The predicted octanol–water partition coefficient (Wildman–Crippen LogP) is 6.87.